The van der Waals surface area contributed by atoms with E-state index in [1.165, 1.54) is 6.92 Å². The third-order valence-electron chi connectivity index (χ3n) is 2.41. The minimum atomic E-state index is -0.962. The average molecular weight is 272 g/mol. The van der Waals surface area contributed by atoms with Crippen LogP contribution in [-0.2, 0) is 23.9 Å². The maximum absolute atomic E-state index is 11.7. The minimum absolute atomic E-state index is 0.0492. The molecule has 0 aliphatic heterocycles. The van der Waals surface area contributed by atoms with Crippen molar-refractivity contribution in [1.29, 1.82) is 0 Å². The summed E-state index contributed by atoms with van der Waals surface area (Å²) < 4.78 is 9.69. The molecule has 0 aromatic rings. The molecular formula is C13H20O6. The minimum Gasteiger partial charge on any atom is -0.481 e. The van der Waals surface area contributed by atoms with Crippen molar-refractivity contribution in [2.45, 2.75) is 33.6 Å². The number of carboxylic acids is 1. The zero-order valence-corrected chi connectivity index (χ0v) is 11.5. The molecule has 0 aromatic heterocycles. The Morgan fingerprint density at radius 1 is 1.16 bits per heavy atom. The maximum Gasteiger partial charge on any atom is 0.333 e. The van der Waals surface area contributed by atoms with Crippen LogP contribution >= 0.6 is 0 Å². The molecule has 0 heterocycles. The Balaban J connectivity index is 3.99. The van der Waals surface area contributed by atoms with Crippen molar-refractivity contribution in [2.75, 3.05) is 13.2 Å². The molecule has 0 aliphatic rings. The summed E-state index contributed by atoms with van der Waals surface area (Å²) in [5.41, 5.74) is -0.607. The van der Waals surface area contributed by atoms with E-state index in [0.717, 1.165) is 0 Å². The van der Waals surface area contributed by atoms with E-state index in [-0.39, 0.29) is 31.6 Å². The van der Waals surface area contributed by atoms with Gasteiger partial charge in [-0.2, -0.15) is 0 Å². The van der Waals surface area contributed by atoms with Gasteiger partial charge < -0.3 is 14.6 Å². The van der Waals surface area contributed by atoms with Gasteiger partial charge >= 0.3 is 17.9 Å². The first-order chi connectivity index (χ1) is 8.66. The highest BCUT2D eigenvalue weighted by atomic mass is 16.6. The largest absolute Gasteiger partial charge is 0.481 e. The van der Waals surface area contributed by atoms with Crippen LogP contribution in [0, 0.1) is 5.41 Å². The average Bonchev–Trinajstić information content (AvgIpc) is 2.31. The second-order valence-corrected chi connectivity index (χ2v) is 4.83. The predicted octanol–water partition coefficient (Wildman–Crippen LogP) is 1.54. The van der Waals surface area contributed by atoms with Crippen molar-refractivity contribution in [3.05, 3.63) is 12.2 Å². The lowest BCUT2D eigenvalue weighted by Crippen LogP contribution is -2.28. The zero-order valence-electron chi connectivity index (χ0n) is 11.5. The molecule has 0 unspecified atom stereocenters. The molecule has 19 heavy (non-hydrogen) atoms. The Bertz CT molecular complexity index is 369. The summed E-state index contributed by atoms with van der Waals surface area (Å²) in [7, 11) is 0. The van der Waals surface area contributed by atoms with Gasteiger partial charge in [-0.25, -0.2) is 4.79 Å². The van der Waals surface area contributed by atoms with E-state index in [1.807, 2.05) is 0 Å². The summed E-state index contributed by atoms with van der Waals surface area (Å²) >= 11 is 0. The topological polar surface area (TPSA) is 89.9 Å². The fourth-order valence-corrected chi connectivity index (χ4v) is 1.11. The molecule has 0 bridgehead atoms. The van der Waals surface area contributed by atoms with Gasteiger partial charge in [0.25, 0.3) is 0 Å². The lowest BCUT2D eigenvalue weighted by Gasteiger charge is -2.21. The Morgan fingerprint density at radius 2 is 1.68 bits per heavy atom. The Labute approximate surface area is 112 Å². The van der Waals surface area contributed by atoms with E-state index in [9.17, 15) is 14.4 Å². The van der Waals surface area contributed by atoms with E-state index in [4.69, 9.17) is 14.6 Å². The Morgan fingerprint density at radius 3 is 2.16 bits per heavy atom. The number of aliphatic carboxylic acids is 1. The van der Waals surface area contributed by atoms with E-state index in [1.54, 1.807) is 13.8 Å². The third-order valence-corrected chi connectivity index (χ3v) is 2.41. The first-order valence-corrected chi connectivity index (χ1v) is 5.88. The van der Waals surface area contributed by atoms with Crippen LogP contribution in [0.4, 0.5) is 0 Å². The van der Waals surface area contributed by atoms with Crippen molar-refractivity contribution in [3.8, 4) is 0 Å². The van der Waals surface area contributed by atoms with Crippen LogP contribution < -0.4 is 0 Å². The standard InChI is InChI=1S/C13H20O6/c1-9(2)11(16)18-7-8-19-12(17)13(3,4)6-5-10(14)15/h1,5-8H2,2-4H3,(H,14,15). The van der Waals surface area contributed by atoms with Gasteiger partial charge in [-0.1, -0.05) is 6.58 Å². The highest BCUT2D eigenvalue weighted by Gasteiger charge is 2.29. The van der Waals surface area contributed by atoms with Gasteiger partial charge in [0.05, 0.1) is 5.41 Å². The first-order valence-electron chi connectivity index (χ1n) is 5.88. The molecular weight excluding hydrogens is 252 g/mol. The lowest BCUT2D eigenvalue weighted by molar-refractivity contribution is -0.158. The number of rotatable bonds is 8. The highest BCUT2D eigenvalue weighted by Crippen LogP contribution is 2.24. The molecule has 0 amide bonds. The van der Waals surface area contributed by atoms with Crippen LogP contribution in [0.3, 0.4) is 0 Å². The second-order valence-electron chi connectivity index (χ2n) is 4.83. The van der Waals surface area contributed by atoms with Crippen molar-refractivity contribution in [3.63, 3.8) is 0 Å². The monoisotopic (exact) mass is 272 g/mol. The molecule has 0 fully saturated rings. The quantitative estimate of drug-likeness (QED) is 0.409. The fourth-order valence-electron chi connectivity index (χ4n) is 1.11. The summed E-state index contributed by atoms with van der Waals surface area (Å²) in [5.74, 6) is -2.02. The second kappa shape index (κ2) is 7.56. The highest BCUT2D eigenvalue weighted by molar-refractivity contribution is 5.86. The van der Waals surface area contributed by atoms with E-state index < -0.39 is 23.3 Å². The van der Waals surface area contributed by atoms with Gasteiger partial charge in [0.2, 0.25) is 0 Å². The van der Waals surface area contributed by atoms with Crippen LogP contribution in [-0.4, -0.2) is 36.2 Å². The van der Waals surface area contributed by atoms with Gasteiger partial charge in [-0.3, -0.25) is 9.59 Å². The summed E-state index contributed by atoms with van der Waals surface area (Å²) in [6, 6.07) is 0. The molecule has 0 aromatic carbocycles. The van der Waals surface area contributed by atoms with E-state index in [0.29, 0.717) is 0 Å². The van der Waals surface area contributed by atoms with Gasteiger partial charge in [0, 0.05) is 12.0 Å². The number of esters is 2. The van der Waals surface area contributed by atoms with Crippen molar-refractivity contribution < 1.29 is 29.0 Å². The molecule has 0 saturated carbocycles. The normalized spacial score (nSPS) is 10.7. The molecule has 0 rings (SSSR count). The SMILES string of the molecule is C=C(C)C(=O)OCCOC(=O)C(C)(C)CCC(=O)O. The van der Waals surface area contributed by atoms with Crippen LogP contribution in [0.25, 0.3) is 0 Å². The summed E-state index contributed by atoms with van der Waals surface area (Å²) in [5, 5.41) is 8.57. The van der Waals surface area contributed by atoms with E-state index >= 15 is 0 Å². The molecule has 1 N–H and O–H groups in total. The first kappa shape index (κ1) is 17.2. The van der Waals surface area contributed by atoms with Gasteiger partial charge in [-0.15, -0.1) is 0 Å². The lowest BCUT2D eigenvalue weighted by atomic mass is 9.88. The number of hydrogen-bond donors (Lipinski definition) is 1. The molecule has 0 aliphatic carbocycles. The number of carbonyl (C=O) groups excluding carboxylic acids is 2. The number of hydrogen-bond acceptors (Lipinski definition) is 5. The van der Waals surface area contributed by atoms with Gasteiger partial charge in [-0.05, 0) is 27.2 Å². The predicted molar refractivity (Wildman–Crippen MR) is 67.4 cm³/mol. The smallest absolute Gasteiger partial charge is 0.333 e. The van der Waals surface area contributed by atoms with Crippen LogP contribution in [0.15, 0.2) is 12.2 Å². The summed E-state index contributed by atoms with van der Waals surface area (Å²) in [6.45, 7) is 8.04. The molecule has 0 spiro atoms. The summed E-state index contributed by atoms with van der Waals surface area (Å²) in [4.78, 5) is 33.2. The zero-order chi connectivity index (χ0) is 15.1. The number of carbonyl (C=O) groups is 3. The van der Waals surface area contributed by atoms with Gasteiger partial charge in [0.15, 0.2) is 0 Å². The van der Waals surface area contributed by atoms with Gasteiger partial charge in [0.1, 0.15) is 13.2 Å². The van der Waals surface area contributed by atoms with Crippen molar-refractivity contribution in [2.24, 2.45) is 5.41 Å². The molecule has 0 saturated heterocycles. The van der Waals surface area contributed by atoms with Crippen LogP contribution in [0.5, 0.6) is 0 Å². The number of ether oxygens (including phenoxy) is 2. The molecule has 0 atom stereocenters. The van der Waals surface area contributed by atoms with Crippen molar-refractivity contribution >= 4 is 17.9 Å². The molecule has 6 heteroatoms. The molecule has 108 valence electrons. The Hall–Kier alpha value is -1.85. The van der Waals surface area contributed by atoms with Crippen molar-refractivity contribution in [1.82, 2.24) is 0 Å². The summed E-state index contributed by atoms with van der Waals surface area (Å²) in [6.07, 6.45) is 0.0828. The molecule has 0 radical (unpaired) electrons. The number of carboxylic acid groups (broad SMARTS) is 1. The van der Waals surface area contributed by atoms with Crippen LogP contribution in [0.2, 0.25) is 0 Å². The van der Waals surface area contributed by atoms with E-state index in [2.05, 4.69) is 6.58 Å². The third kappa shape index (κ3) is 7.23. The maximum atomic E-state index is 11.7. The molecule has 6 nitrogen and oxygen atoms in total. The fraction of sp³-hybridized carbons (Fsp3) is 0.615. The Kier molecular flexibility index (Phi) is 6.82. The van der Waals surface area contributed by atoms with Crippen LogP contribution in [0.1, 0.15) is 33.6 Å².